The van der Waals surface area contributed by atoms with Gasteiger partial charge in [0.15, 0.2) is 0 Å². The Bertz CT molecular complexity index is 1310. The lowest BCUT2D eigenvalue weighted by atomic mass is 9.88. The van der Waals surface area contributed by atoms with E-state index >= 15 is 0 Å². The molecule has 0 aliphatic carbocycles. The van der Waals surface area contributed by atoms with Gasteiger partial charge in [0.25, 0.3) is 0 Å². The largest absolute Gasteiger partial charge is 0.309 e. The van der Waals surface area contributed by atoms with Crippen molar-refractivity contribution in [1.82, 2.24) is 4.57 Å². The molecular formula is C27H25N. The Labute approximate surface area is 166 Å². The summed E-state index contributed by atoms with van der Waals surface area (Å²) in [5.74, 6) is 0. The second kappa shape index (κ2) is 6.24. The van der Waals surface area contributed by atoms with Crippen LogP contribution in [0.4, 0.5) is 0 Å². The molecule has 1 heteroatoms. The zero-order valence-corrected chi connectivity index (χ0v) is 16.7. The molecule has 0 unspecified atom stereocenters. The highest BCUT2D eigenvalue weighted by atomic mass is 15.0. The molecule has 0 amide bonds. The van der Waals surface area contributed by atoms with Crippen LogP contribution in [0.2, 0.25) is 0 Å². The highest BCUT2D eigenvalue weighted by Gasteiger charge is 2.16. The number of hydrogen-bond donors (Lipinski definition) is 0. The van der Waals surface area contributed by atoms with Crippen molar-refractivity contribution in [3.05, 3.63) is 90.5 Å². The Balaban J connectivity index is 1.88. The van der Waals surface area contributed by atoms with Gasteiger partial charge in [-0.1, -0.05) is 87.5 Å². The van der Waals surface area contributed by atoms with Crippen LogP contribution in [-0.2, 0) is 6.42 Å². The summed E-state index contributed by atoms with van der Waals surface area (Å²) in [6.07, 6.45) is 1.07. The summed E-state index contributed by atoms with van der Waals surface area (Å²) in [6.45, 7) is 6.91. The Hall–Kier alpha value is -3.06. The molecule has 0 atom stereocenters. The lowest BCUT2D eigenvalue weighted by Gasteiger charge is -2.18. The zero-order chi connectivity index (χ0) is 19.3. The van der Waals surface area contributed by atoms with Crippen molar-refractivity contribution in [3.8, 4) is 5.69 Å². The van der Waals surface area contributed by atoms with Crippen molar-refractivity contribution < 1.29 is 0 Å². The summed E-state index contributed by atoms with van der Waals surface area (Å²) in [6, 6.07) is 31.0. The van der Waals surface area contributed by atoms with Gasteiger partial charge in [0.1, 0.15) is 0 Å². The van der Waals surface area contributed by atoms with E-state index in [4.69, 9.17) is 0 Å². The average Bonchev–Trinajstić information content (AvgIpc) is 3.00. The van der Waals surface area contributed by atoms with Gasteiger partial charge in [0.2, 0.25) is 0 Å². The highest BCUT2D eigenvalue weighted by Crippen LogP contribution is 2.35. The minimum Gasteiger partial charge on any atom is -0.309 e. The standard InChI is InChI=1S/C27H25N/c1-27(2,3)18-19-15-16-23-22-12-6-7-13-25(22)28(26(23)17-19)24-14-8-10-20-9-4-5-11-21(20)24/h4-17H,18H2,1-3H3. The number of aromatic nitrogens is 1. The third kappa shape index (κ3) is 2.79. The van der Waals surface area contributed by atoms with Gasteiger partial charge in [0, 0.05) is 16.2 Å². The topological polar surface area (TPSA) is 4.93 Å². The molecule has 138 valence electrons. The van der Waals surface area contributed by atoms with Crippen LogP contribution < -0.4 is 0 Å². The van der Waals surface area contributed by atoms with Gasteiger partial charge < -0.3 is 4.57 Å². The van der Waals surface area contributed by atoms with Crippen LogP contribution in [-0.4, -0.2) is 4.57 Å². The van der Waals surface area contributed by atoms with Crippen LogP contribution in [0.5, 0.6) is 0 Å². The van der Waals surface area contributed by atoms with Gasteiger partial charge in [-0.25, -0.2) is 0 Å². The van der Waals surface area contributed by atoms with E-state index in [0.29, 0.717) is 0 Å². The molecule has 0 aliphatic rings. The molecule has 1 aromatic heterocycles. The summed E-state index contributed by atoms with van der Waals surface area (Å²) in [5, 5.41) is 5.19. The number of hydrogen-bond acceptors (Lipinski definition) is 0. The predicted octanol–water partition coefficient (Wildman–Crippen LogP) is 7.53. The van der Waals surface area contributed by atoms with Gasteiger partial charge >= 0.3 is 0 Å². The fraction of sp³-hybridized carbons (Fsp3) is 0.185. The minimum absolute atomic E-state index is 0.268. The van der Waals surface area contributed by atoms with Crippen LogP contribution in [0, 0.1) is 5.41 Å². The summed E-state index contributed by atoms with van der Waals surface area (Å²) >= 11 is 0. The van der Waals surface area contributed by atoms with E-state index in [9.17, 15) is 0 Å². The molecule has 0 spiro atoms. The molecule has 0 saturated carbocycles. The molecule has 0 radical (unpaired) electrons. The Morgan fingerprint density at radius 1 is 0.643 bits per heavy atom. The molecular weight excluding hydrogens is 338 g/mol. The van der Waals surface area contributed by atoms with Gasteiger partial charge in [-0.05, 0) is 41.0 Å². The molecule has 0 fully saturated rings. The molecule has 1 nitrogen and oxygen atoms in total. The first kappa shape index (κ1) is 17.1. The number of rotatable bonds is 2. The van der Waals surface area contributed by atoms with Gasteiger partial charge in [0.05, 0.1) is 16.7 Å². The van der Waals surface area contributed by atoms with Crippen LogP contribution in [0.15, 0.2) is 84.9 Å². The van der Waals surface area contributed by atoms with E-state index < -0.39 is 0 Å². The third-order valence-electron chi connectivity index (χ3n) is 5.48. The van der Waals surface area contributed by atoms with E-state index in [1.54, 1.807) is 0 Å². The first-order valence-corrected chi connectivity index (χ1v) is 10.0. The maximum Gasteiger partial charge on any atom is 0.0544 e. The second-order valence-electron chi connectivity index (χ2n) is 8.94. The number of fused-ring (bicyclic) bond motifs is 4. The van der Waals surface area contributed by atoms with Gasteiger partial charge in [-0.15, -0.1) is 0 Å². The maximum atomic E-state index is 2.44. The van der Waals surface area contributed by atoms with Crippen molar-refractivity contribution in [2.24, 2.45) is 5.41 Å². The minimum atomic E-state index is 0.268. The van der Waals surface area contributed by atoms with E-state index in [1.807, 2.05) is 0 Å². The first-order valence-electron chi connectivity index (χ1n) is 10.0. The fourth-order valence-corrected chi connectivity index (χ4v) is 4.40. The second-order valence-corrected chi connectivity index (χ2v) is 8.94. The molecule has 5 aromatic rings. The van der Waals surface area contributed by atoms with Crippen molar-refractivity contribution in [2.45, 2.75) is 27.2 Å². The molecule has 28 heavy (non-hydrogen) atoms. The van der Waals surface area contributed by atoms with Gasteiger partial charge in [-0.3, -0.25) is 0 Å². The van der Waals surface area contributed by atoms with E-state index in [1.165, 1.54) is 43.8 Å². The Kier molecular flexibility index (Phi) is 3.80. The van der Waals surface area contributed by atoms with Crippen molar-refractivity contribution >= 4 is 32.6 Å². The van der Waals surface area contributed by atoms with E-state index in [2.05, 4.69) is 110 Å². The normalized spacial score (nSPS) is 12.2. The molecule has 0 aliphatic heterocycles. The van der Waals surface area contributed by atoms with Crippen LogP contribution >= 0.6 is 0 Å². The fourth-order valence-electron chi connectivity index (χ4n) is 4.40. The number of benzene rings is 4. The van der Waals surface area contributed by atoms with E-state index in [0.717, 1.165) is 6.42 Å². The van der Waals surface area contributed by atoms with Crippen LogP contribution in [0.1, 0.15) is 26.3 Å². The summed E-state index contributed by atoms with van der Waals surface area (Å²) in [5.41, 5.74) is 5.46. The summed E-state index contributed by atoms with van der Waals surface area (Å²) < 4.78 is 2.44. The summed E-state index contributed by atoms with van der Waals surface area (Å²) in [7, 11) is 0. The lowest BCUT2D eigenvalue weighted by Crippen LogP contribution is -2.09. The number of nitrogens with zero attached hydrogens (tertiary/aromatic N) is 1. The van der Waals surface area contributed by atoms with Crippen molar-refractivity contribution in [2.75, 3.05) is 0 Å². The monoisotopic (exact) mass is 363 g/mol. The Morgan fingerprint density at radius 3 is 2.14 bits per heavy atom. The average molecular weight is 364 g/mol. The van der Waals surface area contributed by atoms with Gasteiger partial charge in [-0.2, -0.15) is 0 Å². The van der Waals surface area contributed by atoms with Crippen molar-refractivity contribution in [3.63, 3.8) is 0 Å². The van der Waals surface area contributed by atoms with Crippen molar-refractivity contribution in [1.29, 1.82) is 0 Å². The molecule has 5 rings (SSSR count). The molecule has 0 bridgehead atoms. The molecule has 4 aromatic carbocycles. The quantitative estimate of drug-likeness (QED) is 0.305. The number of para-hydroxylation sites is 1. The molecule has 0 N–H and O–H groups in total. The van der Waals surface area contributed by atoms with Crippen LogP contribution in [0.3, 0.4) is 0 Å². The summed E-state index contributed by atoms with van der Waals surface area (Å²) in [4.78, 5) is 0. The zero-order valence-electron chi connectivity index (χ0n) is 16.7. The first-order chi connectivity index (χ1) is 13.5. The van der Waals surface area contributed by atoms with Crippen LogP contribution in [0.25, 0.3) is 38.3 Å². The predicted molar refractivity (Wildman–Crippen MR) is 121 cm³/mol. The molecule has 0 saturated heterocycles. The SMILES string of the molecule is CC(C)(C)Cc1ccc2c3ccccc3n(-c3cccc4ccccc34)c2c1. The maximum absolute atomic E-state index is 2.44. The highest BCUT2D eigenvalue weighted by molar-refractivity contribution is 6.10. The van der Waals surface area contributed by atoms with E-state index in [-0.39, 0.29) is 5.41 Å². The lowest BCUT2D eigenvalue weighted by molar-refractivity contribution is 0.411. The third-order valence-corrected chi connectivity index (χ3v) is 5.48. The smallest absolute Gasteiger partial charge is 0.0544 e. The Morgan fingerprint density at radius 2 is 1.32 bits per heavy atom. The molecule has 1 heterocycles.